The maximum absolute atomic E-state index is 12.5. The van der Waals surface area contributed by atoms with Gasteiger partial charge in [-0.1, -0.05) is 11.8 Å². The summed E-state index contributed by atoms with van der Waals surface area (Å²) in [7, 11) is 1.62. The first kappa shape index (κ1) is 22.1. The third kappa shape index (κ3) is 5.31. The zero-order chi connectivity index (χ0) is 21.7. The van der Waals surface area contributed by atoms with Crippen LogP contribution < -0.4 is 14.8 Å². The van der Waals surface area contributed by atoms with Gasteiger partial charge >= 0.3 is 0 Å². The van der Waals surface area contributed by atoms with Crippen molar-refractivity contribution in [1.29, 1.82) is 0 Å². The van der Waals surface area contributed by atoms with Crippen LogP contribution >= 0.6 is 23.1 Å². The number of anilines is 1. The van der Waals surface area contributed by atoms with Gasteiger partial charge in [-0.15, -0.1) is 21.5 Å². The molecule has 0 fully saturated rings. The molecule has 1 amide bonds. The molecule has 0 saturated carbocycles. The molecule has 10 heteroatoms. The predicted octanol–water partition coefficient (Wildman–Crippen LogP) is 4.08. The fourth-order valence-electron chi connectivity index (χ4n) is 2.60. The molecule has 1 atom stereocenters. The molecule has 1 N–H and O–H groups in total. The largest absolute Gasteiger partial charge is 0.497 e. The minimum Gasteiger partial charge on any atom is -0.497 e. The number of aryl methyl sites for hydroxylation is 2. The van der Waals surface area contributed by atoms with E-state index in [1.807, 2.05) is 56.5 Å². The van der Waals surface area contributed by atoms with Crippen molar-refractivity contribution in [3.63, 3.8) is 0 Å². The number of carbonyl (C=O) groups excluding carboxylic acids is 1. The van der Waals surface area contributed by atoms with Crippen LogP contribution in [0.25, 0.3) is 0 Å². The number of rotatable bonds is 9. The lowest BCUT2D eigenvalue weighted by Gasteiger charge is -2.12. The molecule has 2 aromatic heterocycles. The SMILES string of the molecule is CCn1c(COc2ccc(OC)cc2)nnc1SC(C)C(=O)Nc1nc(C)c(C)s1. The molecule has 160 valence electrons. The second-order valence-electron chi connectivity index (χ2n) is 6.52. The predicted molar refractivity (Wildman–Crippen MR) is 119 cm³/mol. The summed E-state index contributed by atoms with van der Waals surface area (Å²) in [6.07, 6.45) is 0. The molecular weight excluding hydrogens is 422 g/mol. The van der Waals surface area contributed by atoms with Crippen LogP contribution in [0.5, 0.6) is 11.5 Å². The van der Waals surface area contributed by atoms with Crippen molar-refractivity contribution in [3.8, 4) is 11.5 Å². The van der Waals surface area contributed by atoms with Crippen LogP contribution in [0.3, 0.4) is 0 Å². The van der Waals surface area contributed by atoms with Crippen LogP contribution in [-0.2, 0) is 17.9 Å². The van der Waals surface area contributed by atoms with Crippen molar-refractivity contribution in [2.24, 2.45) is 0 Å². The van der Waals surface area contributed by atoms with Gasteiger partial charge in [0.2, 0.25) is 5.91 Å². The van der Waals surface area contributed by atoms with Crippen LogP contribution in [0.4, 0.5) is 5.13 Å². The fraction of sp³-hybridized carbons (Fsp3) is 0.400. The van der Waals surface area contributed by atoms with Gasteiger partial charge in [0, 0.05) is 11.4 Å². The van der Waals surface area contributed by atoms with Gasteiger partial charge < -0.3 is 19.4 Å². The maximum Gasteiger partial charge on any atom is 0.239 e. The first-order valence-electron chi connectivity index (χ1n) is 9.51. The van der Waals surface area contributed by atoms with E-state index in [1.54, 1.807) is 7.11 Å². The zero-order valence-corrected chi connectivity index (χ0v) is 19.3. The maximum atomic E-state index is 12.5. The van der Waals surface area contributed by atoms with Crippen molar-refractivity contribution >= 4 is 34.1 Å². The monoisotopic (exact) mass is 447 g/mol. The van der Waals surface area contributed by atoms with Gasteiger partial charge in [0.25, 0.3) is 0 Å². The summed E-state index contributed by atoms with van der Waals surface area (Å²) >= 11 is 2.84. The van der Waals surface area contributed by atoms with Gasteiger partial charge in [-0.3, -0.25) is 4.79 Å². The van der Waals surface area contributed by atoms with Crippen LogP contribution in [0.2, 0.25) is 0 Å². The average Bonchev–Trinajstić information content (AvgIpc) is 3.28. The highest BCUT2D eigenvalue weighted by atomic mass is 32.2. The topological polar surface area (TPSA) is 91.2 Å². The van der Waals surface area contributed by atoms with Gasteiger partial charge in [-0.2, -0.15) is 0 Å². The highest BCUT2D eigenvalue weighted by Crippen LogP contribution is 2.26. The Kier molecular flexibility index (Phi) is 7.33. The van der Waals surface area contributed by atoms with Crippen LogP contribution in [0.15, 0.2) is 29.4 Å². The van der Waals surface area contributed by atoms with E-state index in [0.29, 0.717) is 22.7 Å². The van der Waals surface area contributed by atoms with Crippen LogP contribution in [-0.4, -0.2) is 38.0 Å². The molecule has 3 aromatic rings. The highest BCUT2D eigenvalue weighted by Gasteiger charge is 2.21. The lowest BCUT2D eigenvalue weighted by molar-refractivity contribution is -0.115. The number of benzene rings is 1. The molecule has 0 aliphatic heterocycles. The van der Waals surface area contributed by atoms with Crippen molar-refractivity contribution in [2.45, 2.75) is 51.3 Å². The van der Waals surface area contributed by atoms with E-state index in [0.717, 1.165) is 22.1 Å². The number of thiazole rings is 1. The molecule has 0 radical (unpaired) electrons. The Labute approximate surface area is 184 Å². The van der Waals surface area contributed by atoms with Crippen LogP contribution in [0, 0.1) is 13.8 Å². The summed E-state index contributed by atoms with van der Waals surface area (Å²) in [5.74, 6) is 2.08. The van der Waals surface area contributed by atoms with Crippen molar-refractivity contribution in [3.05, 3.63) is 40.7 Å². The Bertz CT molecular complexity index is 981. The van der Waals surface area contributed by atoms with E-state index >= 15 is 0 Å². The number of hydrogen-bond acceptors (Lipinski definition) is 8. The normalized spacial score (nSPS) is 11.9. The van der Waals surface area contributed by atoms with Crippen molar-refractivity contribution < 1.29 is 14.3 Å². The summed E-state index contributed by atoms with van der Waals surface area (Å²) < 4.78 is 12.9. The molecule has 1 aromatic carbocycles. The van der Waals surface area contributed by atoms with Gasteiger partial charge in [-0.05, 0) is 52.0 Å². The first-order valence-corrected chi connectivity index (χ1v) is 11.2. The molecular formula is C20H25N5O3S2. The number of nitrogens with one attached hydrogen (secondary N) is 1. The number of amides is 1. The van der Waals surface area contributed by atoms with E-state index in [9.17, 15) is 4.79 Å². The molecule has 2 heterocycles. The summed E-state index contributed by atoms with van der Waals surface area (Å²) in [6, 6.07) is 7.37. The third-order valence-corrected chi connectivity index (χ3v) is 6.52. The molecule has 1 unspecified atom stereocenters. The Morgan fingerprint density at radius 1 is 1.23 bits per heavy atom. The number of hydrogen-bond donors (Lipinski definition) is 1. The highest BCUT2D eigenvalue weighted by molar-refractivity contribution is 8.00. The average molecular weight is 448 g/mol. The van der Waals surface area contributed by atoms with E-state index in [-0.39, 0.29) is 17.8 Å². The third-order valence-electron chi connectivity index (χ3n) is 4.45. The number of thioether (sulfide) groups is 1. The van der Waals surface area contributed by atoms with Crippen molar-refractivity contribution in [1.82, 2.24) is 19.7 Å². The molecule has 0 saturated heterocycles. The van der Waals surface area contributed by atoms with Crippen LogP contribution in [0.1, 0.15) is 30.2 Å². The number of nitrogens with zero attached hydrogens (tertiary/aromatic N) is 4. The number of carbonyl (C=O) groups is 1. The fourth-order valence-corrected chi connectivity index (χ4v) is 4.34. The van der Waals surface area contributed by atoms with Gasteiger partial charge in [0.05, 0.1) is 18.1 Å². The van der Waals surface area contributed by atoms with Gasteiger partial charge in [0.1, 0.15) is 18.1 Å². The summed E-state index contributed by atoms with van der Waals surface area (Å²) in [6.45, 7) is 8.73. The van der Waals surface area contributed by atoms with E-state index in [2.05, 4.69) is 20.5 Å². The van der Waals surface area contributed by atoms with E-state index in [1.165, 1.54) is 23.1 Å². The summed E-state index contributed by atoms with van der Waals surface area (Å²) in [5, 5.41) is 12.3. The standard InChI is InChI=1S/C20H25N5O3S2/c1-6-25-17(11-28-16-9-7-15(27-5)8-10-16)23-24-20(25)30-14(4)18(26)22-19-21-12(2)13(3)29-19/h7-10,14H,6,11H2,1-5H3,(H,21,22,26). The Balaban J connectivity index is 1.61. The Hall–Kier alpha value is -2.59. The molecule has 8 nitrogen and oxygen atoms in total. The minimum atomic E-state index is -0.348. The minimum absolute atomic E-state index is 0.115. The smallest absolute Gasteiger partial charge is 0.239 e. The van der Waals surface area contributed by atoms with Gasteiger partial charge in [-0.25, -0.2) is 4.98 Å². The second-order valence-corrected chi connectivity index (χ2v) is 9.03. The molecule has 0 spiro atoms. The molecule has 3 rings (SSSR count). The molecule has 0 aliphatic carbocycles. The number of methoxy groups -OCH3 is 1. The van der Waals surface area contributed by atoms with E-state index < -0.39 is 0 Å². The Morgan fingerprint density at radius 3 is 2.53 bits per heavy atom. The molecule has 0 bridgehead atoms. The van der Waals surface area contributed by atoms with Crippen molar-refractivity contribution in [2.75, 3.05) is 12.4 Å². The second kappa shape index (κ2) is 9.94. The Morgan fingerprint density at radius 2 is 1.93 bits per heavy atom. The molecule has 30 heavy (non-hydrogen) atoms. The summed E-state index contributed by atoms with van der Waals surface area (Å²) in [4.78, 5) is 18.0. The van der Waals surface area contributed by atoms with E-state index in [4.69, 9.17) is 9.47 Å². The van der Waals surface area contributed by atoms with Gasteiger partial charge in [0.15, 0.2) is 16.1 Å². The first-order chi connectivity index (χ1) is 14.4. The quantitative estimate of drug-likeness (QED) is 0.494. The molecule has 0 aliphatic rings. The zero-order valence-electron chi connectivity index (χ0n) is 17.6. The number of ether oxygens (including phenoxy) is 2. The number of aromatic nitrogens is 4. The summed E-state index contributed by atoms with van der Waals surface area (Å²) in [5.41, 5.74) is 0.933. The lowest BCUT2D eigenvalue weighted by Crippen LogP contribution is -2.23. The lowest BCUT2D eigenvalue weighted by atomic mass is 10.3.